The molecule has 20 heavy (non-hydrogen) atoms. The molecule has 0 aliphatic heterocycles. The maximum atomic E-state index is 4.35. The summed E-state index contributed by atoms with van der Waals surface area (Å²) >= 11 is 0. The molecule has 8 nitrogen and oxygen atoms in total. The van der Waals surface area contributed by atoms with Gasteiger partial charge in [-0.15, -0.1) is 0 Å². The fourth-order valence-electron chi connectivity index (χ4n) is 1.55. The van der Waals surface area contributed by atoms with Gasteiger partial charge in [-0.05, 0) is 12.8 Å². The van der Waals surface area contributed by atoms with Crippen molar-refractivity contribution in [3.05, 3.63) is 12.7 Å². The quantitative estimate of drug-likeness (QED) is 0.705. The van der Waals surface area contributed by atoms with E-state index < -0.39 is 0 Å². The van der Waals surface area contributed by atoms with Gasteiger partial charge in [-0.1, -0.05) is 20.3 Å². The third-order valence-electron chi connectivity index (χ3n) is 2.59. The van der Waals surface area contributed by atoms with Crippen molar-refractivity contribution in [2.45, 2.75) is 33.1 Å². The molecule has 0 amide bonds. The first-order valence-corrected chi connectivity index (χ1v) is 6.92. The van der Waals surface area contributed by atoms with Crippen LogP contribution in [0.25, 0.3) is 5.95 Å². The lowest BCUT2D eigenvalue weighted by molar-refractivity contribution is 0.783. The van der Waals surface area contributed by atoms with E-state index in [-0.39, 0.29) is 0 Å². The minimum atomic E-state index is 0.454. The Labute approximate surface area is 118 Å². The Morgan fingerprint density at radius 1 is 1.00 bits per heavy atom. The molecule has 0 unspecified atom stereocenters. The van der Waals surface area contributed by atoms with Crippen molar-refractivity contribution in [3.63, 3.8) is 0 Å². The largest absolute Gasteiger partial charge is 0.354 e. The highest BCUT2D eigenvalue weighted by atomic mass is 15.4. The highest BCUT2D eigenvalue weighted by molar-refractivity contribution is 5.37. The predicted octanol–water partition coefficient (Wildman–Crippen LogP) is 1.49. The maximum absolute atomic E-state index is 4.35. The second-order valence-electron chi connectivity index (χ2n) is 4.33. The summed E-state index contributed by atoms with van der Waals surface area (Å²) in [5.74, 6) is 1.55. The zero-order valence-corrected chi connectivity index (χ0v) is 11.9. The van der Waals surface area contributed by atoms with Gasteiger partial charge in [0.1, 0.15) is 12.7 Å². The molecule has 8 heteroatoms. The van der Waals surface area contributed by atoms with Crippen molar-refractivity contribution >= 4 is 11.9 Å². The van der Waals surface area contributed by atoms with Gasteiger partial charge >= 0.3 is 0 Å². The Morgan fingerprint density at radius 2 is 1.75 bits per heavy atom. The molecule has 2 rings (SSSR count). The Bertz CT molecular complexity index is 510. The molecule has 2 heterocycles. The molecule has 0 saturated carbocycles. The molecular weight excluding hydrogens is 256 g/mol. The second-order valence-corrected chi connectivity index (χ2v) is 4.33. The van der Waals surface area contributed by atoms with Gasteiger partial charge in [0, 0.05) is 13.1 Å². The average molecular weight is 276 g/mol. The van der Waals surface area contributed by atoms with Crippen molar-refractivity contribution in [3.8, 4) is 5.95 Å². The molecular formula is C12H20N8. The van der Waals surface area contributed by atoms with Crippen LogP contribution in [-0.2, 0) is 0 Å². The number of rotatable bonds is 8. The van der Waals surface area contributed by atoms with E-state index >= 15 is 0 Å². The standard InChI is InChI=1S/C12H20N8/c1-3-5-7-15-11-17-10(14-6-4-2)18-12(19-11)20-9-13-8-16-20/h8-9H,3-7H2,1-2H3,(H2,14,15,17,18,19). The van der Waals surface area contributed by atoms with Gasteiger partial charge in [0.25, 0.3) is 5.95 Å². The van der Waals surface area contributed by atoms with Crippen LogP contribution >= 0.6 is 0 Å². The van der Waals surface area contributed by atoms with E-state index in [1.807, 2.05) is 0 Å². The summed E-state index contributed by atoms with van der Waals surface area (Å²) in [6.07, 6.45) is 6.21. The van der Waals surface area contributed by atoms with Crippen LogP contribution in [0.2, 0.25) is 0 Å². The van der Waals surface area contributed by atoms with E-state index in [0.29, 0.717) is 17.8 Å². The zero-order chi connectivity index (χ0) is 14.2. The zero-order valence-electron chi connectivity index (χ0n) is 11.9. The number of anilines is 2. The van der Waals surface area contributed by atoms with Gasteiger partial charge < -0.3 is 10.6 Å². The summed E-state index contributed by atoms with van der Waals surface area (Å²) in [6, 6.07) is 0. The lowest BCUT2D eigenvalue weighted by Gasteiger charge is -2.09. The first kappa shape index (κ1) is 14.2. The summed E-state index contributed by atoms with van der Waals surface area (Å²) in [7, 11) is 0. The number of nitrogens with zero attached hydrogens (tertiary/aromatic N) is 6. The van der Waals surface area contributed by atoms with Gasteiger partial charge in [0.15, 0.2) is 0 Å². The van der Waals surface area contributed by atoms with E-state index in [9.17, 15) is 0 Å². The number of hydrogen-bond donors (Lipinski definition) is 2. The van der Waals surface area contributed by atoms with Crippen molar-refractivity contribution in [2.75, 3.05) is 23.7 Å². The topological polar surface area (TPSA) is 93.4 Å². The van der Waals surface area contributed by atoms with Crippen LogP contribution in [0.15, 0.2) is 12.7 Å². The Morgan fingerprint density at radius 3 is 2.35 bits per heavy atom. The van der Waals surface area contributed by atoms with Gasteiger partial charge in [-0.25, -0.2) is 4.98 Å². The maximum Gasteiger partial charge on any atom is 0.258 e. The molecule has 0 spiro atoms. The van der Waals surface area contributed by atoms with Crippen LogP contribution in [0.5, 0.6) is 0 Å². The Hall–Kier alpha value is -2.25. The molecule has 0 fully saturated rings. The second kappa shape index (κ2) is 7.37. The molecule has 2 N–H and O–H groups in total. The number of hydrogen-bond acceptors (Lipinski definition) is 7. The first-order valence-electron chi connectivity index (χ1n) is 6.92. The summed E-state index contributed by atoms with van der Waals surface area (Å²) in [5.41, 5.74) is 0. The highest BCUT2D eigenvalue weighted by Gasteiger charge is 2.08. The van der Waals surface area contributed by atoms with Crippen LogP contribution < -0.4 is 10.6 Å². The molecule has 0 radical (unpaired) electrons. The van der Waals surface area contributed by atoms with Crippen molar-refractivity contribution < 1.29 is 0 Å². The van der Waals surface area contributed by atoms with Crippen molar-refractivity contribution in [2.24, 2.45) is 0 Å². The van der Waals surface area contributed by atoms with Crippen LogP contribution in [0.4, 0.5) is 11.9 Å². The number of nitrogens with one attached hydrogen (secondary N) is 2. The molecule has 0 aliphatic rings. The lowest BCUT2D eigenvalue weighted by Crippen LogP contribution is -2.13. The smallest absolute Gasteiger partial charge is 0.258 e. The Balaban J connectivity index is 2.19. The van der Waals surface area contributed by atoms with Gasteiger partial charge in [0.05, 0.1) is 0 Å². The molecule has 0 bridgehead atoms. The molecule has 2 aromatic heterocycles. The monoisotopic (exact) mass is 276 g/mol. The SMILES string of the molecule is CCCCNc1nc(NCCC)nc(-n2cncn2)n1. The summed E-state index contributed by atoms with van der Waals surface area (Å²) < 4.78 is 1.52. The van der Waals surface area contributed by atoms with E-state index in [1.165, 1.54) is 11.0 Å². The number of aromatic nitrogens is 6. The highest BCUT2D eigenvalue weighted by Crippen LogP contribution is 2.08. The van der Waals surface area contributed by atoms with Crippen LogP contribution in [0.3, 0.4) is 0 Å². The molecule has 0 atom stereocenters. The minimum Gasteiger partial charge on any atom is -0.354 e. The predicted molar refractivity (Wildman–Crippen MR) is 76.9 cm³/mol. The molecule has 0 saturated heterocycles. The van der Waals surface area contributed by atoms with Gasteiger partial charge in [0.2, 0.25) is 11.9 Å². The van der Waals surface area contributed by atoms with E-state index in [4.69, 9.17) is 0 Å². The fraction of sp³-hybridized carbons (Fsp3) is 0.583. The lowest BCUT2D eigenvalue weighted by atomic mass is 10.3. The molecule has 0 aromatic carbocycles. The third kappa shape index (κ3) is 3.87. The van der Waals surface area contributed by atoms with Crippen molar-refractivity contribution in [1.29, 1.82) is 0 Å². The molecule has 2 aromatic rings. The first-order chi connectivity index (χ1) is 9.83. The van der Waals surface area contributed by atoms with Crippen LogP contribution in [-0.4, -0.2) is 42.8 Å². The van der Waals surface area contributed by atoms with Crippen LogP contribution in [0.1, 0.15) is 33.1 Å². The van der Waals surface area contributed by atoms with Gasteiger partial charge in [-0.2, -0.15) is 24.7 Å². The van der Waals surface area contributed by atoms with Crippen molar-refractivity contribution in [1.82, 2.24) is 29.7 Å². The molecule has 108 valence electrons. The number of unbranched alkanes of at least 4 members (excludes halogenated alkanes) is 1. The third-order valence-corrected chi connectivity index (χ3v) is 2.59. The summed E-state index contributed by atoms with van der Waals surface area (Å²) in [5, 5.41) is 10.4. The van der Waals surface area contributed by atoms with E-state index in [2.05, 4.69) is 49.5 Å². The van der Waals surface area contributed by atoms with E-state index in [1.54, 1.807) is 6.33 Å². The van der Waals surface area contributed by atoms with Gasteiger partial charge in [-0.3, -0.25) is 0 Å². The molecule has 0 aliphatic carbocycles. The normalized spacial score (nSPS) is 10.5. The summed E-state index contributed by atoms with van der Waals surface area (Å²) in [6.45, 7) is 5.89. The van der Waals surface area contributed by atoms with Crippen LogP contribution in [0, 0.1) is 0 Å². The average Bonchev–Trinajstić information content (AvgIpc) is 2.99. The van der Waals surface area contributed by atoms with E-state index in [0.717, 1.165) is 32.4 Å². The summed E-state index contributed by atoms with van der Waals surface area (Å²) in [4.78, 5) is 16.9. The minimum absolute atomic E-state index is 0.454. The Kier molecular flexibility index (Phi) is 5.22. The fourth-order valence-corrected chi connectivity index (χ4v) is 1.55.